The molecule has 1 aromatic heterocycles. The number of nitrogens with zero attached hydrogens (tertiary/aromatic N) is 2. The van der Waals surface area contributed by atoms with E-state index < -0.39 is 5.97 Å². The van der Waals surface area contributed by atoms with Crippen molar-refractivity contribution in [3.05, 3.63) is 18.1 Å². The number of hydrogen-bond acceptors (Lipinski definition) is 5. The number of aryl methyl sites for hydroxylation is 1. The van der Waals surface area contributed by atoms with Crippen molar-refractivity contribution in [3.8, 4) is 5.88 Å². The standard InChI is InChI=1S/C10H13N3O4/c1-7-4-11-6-13-10(7)17-3-2-8(14)12-5-9(15)16/h4,6H,2-3,5H2,1H3,(H,12,14)(H,15,16). The fraction of sp³-hybridized carbons (Fsp3) is 0.400. The van der Waals surface area contributed by atoms with E-state index in [2.05, 4.69) is 15.3 Å². The van der Waals surface area contributed by atoms with Gasteiger partial charge >= 0.3 is 5.97 Å². The van der Waals surface area contributed by atoms with Crippen LogP contribution < -0.4 is 10.1 Å². The largest absolute Gasteiger partial charge is 0.480 e. The van der Waals surface area contributed by atoms with Crippen LogP contribution in [-0.4, -0.2) is 40.1 Å². The Morgan fingerprint density at radius 2 is 2.29 bits per heavy atom. The van der Waals surface area contributed by atoms with Gasteiger partial charge in [0.25, 0.3) is 0 Å². The van der Waals surface area contributed by atoms with Gasteiger partial charge in [0.2, 0.25) is 11.8 Å². The number of carboxylic acid groups (broad SMARTS) is 1. The van der Waals surface area contributed by atoms with Crippen LogP contribution in [0.15, 0.2) is 12.5 Å². The third kappa shape index (κ3) is 4.92. The van der Waals surface area contributed by atoms with Crippen molar-refractivity contribution in [3.63, 3.8) is 0 Å². The molecule has 0 aliphatic carbocycles. The molecule has 0 fully saturated rings. The molecule has 0 atom stereocenters. The van der Waals surface area contributed by atoms with Gasteiger partial charge in [0.1, 0.15) is 12.9 Å². The first-order valence-corrected chi connectivity index (χ1v) is 4.97. The molecule has 7 nitrogen and oxygen atoms in total. The van der Waals surface area contributed by atoms with Gasteiger partial charge in [-0.15, -0.1) is 0 Å². The van der Waals surface area contributed by atoms with Crippen molar-refractivity contribution in [2.45, 2.75) is 13.3 Å². The first-order chi connectivity index (χ1) is 8.09. The van der Waals surface area contributed by atoms with Crippen LogP contribution in [0.1, 0.15) is 12.0 Å². The molecule has 7 heteroatoms. The highest BCUT2D eigenvalue weighted by Crippen LogP contribution is 2.10. The van der Waals surface area contributed by atoms with Gasteiger partial charge in [-0.3, -0.25) is 9.59 Å². The summed E-state index contributed by atoms with van der Waals surface area (Å²) in [5.74, 6) is -1.03. The lowest BCUT2D eigenvalue weighted by Gasteiger charge is -2.06. The zero-order valence-electron chi connectivity index (χ0n) is 9.34. The Bertz CT molecular complexity index is 408. The number of amides is 1. The molecular weight excluding hydrogens is 226 g/mol. The Labute approximate surface area is 97.8 Å². The van der Waals surface area contributed by atoms with Crippen molar-refractivity contribution < 1.29 is 19.4 Å². The highest BCUT2D eigenvalue weighted by molar-refractivity contribution is 5.81. The molecule has 0 radical (unpaired) electrons. The Kier molecular flexibility index (Phi) is 4.86. The van der Waals surface area contributed by atoms with Gasteiger partial charge in [-0.05, 0) is 6.92 Å². The third-order valence-electron chi connectivity index (χ3n) is 1.85. The van der Waals surface area contributed by atoms with E-state index in [-0.39, 0.29) is 25.5 Å². The van der Waals surface area contributed by atoms with Crippen LogP contribution in [-0.2, 0) is 9.59 Å². The van der Waals surface area contributed by atoms with E-state index in [1.54, 1.807) is 13.1 Å². The summed E-state index contributed by atoms with van der Waals surface area (Å²) in [6, 6.07) is 0. The number of rotatable bonds is 6. The number of nitrogens with one attached hydrogen (secondary N) is 1. The molecular formula is C10H13N3O4. The first kappa shape index (κ1) is 12.9. The van der Waals surface area contributed by atoms with E-state index in [0.29, 0.717) is 5.88 Å². The summed E-state index contributed by atoms with van der Waals surface area (Å²) in [6.07, 6.45) is 3.04. The molecule has 2 N–H and O–H groups in total. The normalized spacial score (nSPS) is 9.71. The topological polar surface area (TPSA) is 101 Å². The van der Waals surface area contributed by atoms with E-state index >= 15 is 0 Å². The predicted molar refractivity (Wildman–Crippen MR) is 57.5 cm³/mol. The van der Waals surface area contributed by atoms with Crippen LogP contribution in [0.3, 0.4) is 0 Å². The van der Waals surface area contributed by atoms with Crippen LogP contribution in [0.5, 0.6) is 5.88 Å². The van der Waals surface area contributed by atoms with Crippen molar-refractivity contribution in [1.82, 2.24) is 15.3 Å². The smallest absolute Gasteiger partial charge is 0.322 e. The summed E-state index contributed by atoms with van der Waals surface area (Å²) in [5, 5.41) is 10.6. The lowest BCUT2D eigenvalue weighted by Crippen LogP contribution is -2.30. The van der Waals surface area contributed by atoms with Gasteiger partial charge in [0.05, 0.1) is 13.0 Å². The second-order valence-corrected chi connectivity index (χ2v) is 3.28. The average Bonchev–Trinajstić information content (AvgIpc) is 2.29. The van der Waals surface area contributed by atoms with Crippen LogP contribution in [0.4, 0.5) is 0 Å². The fourth-order valence-electron chi connectivity index (χ4n) is 1.04. The molecule has 1 amide bonds. The Morgan fingerprint density at radius 1 is 1.53 bits per heavy atom. The SMILES string of the molecule is Cc1cncnc1OCCC(=O)NCC(=O)O. The lowest BCUT2D eigenvalue weighted by molar-refractivity contribution is -0.138. The van der Waals surface area contributed by atoms with E-state index in [4.69, 9.17) is 9.84 Å². The molecule has 1 aromatic rings. The molecule has 17 heavy (non-hydrogen) atoms. The number of aromatic nitrogens is 2. The Hall–Kier alpha value is -2.18. The molecule has 0 unspecified atom stereocenters. The number of carbonyl (C=O) groups excluding carboxylic acids is 1. The highest BCUT2D eigenvalue weighted by Gasteiger charge is 2.05. The van der Waals surface area contributed by atoms with Crippen molar-refractivity contribution in [2.24, 2.45) is 0 Å². The molecule has 92 valence electrons. The summed E-state index contributed by atoms with van der Waals surface area (Å²) in [4.78, 5) is 29.0. The molecule has 0 aromatic carbocycles. The minimum Gasteiger partial charge on any atom is -0.480 e. The monoisotopic (exact) mass is 239 g/mol. The average molecular weight is 239 g/mol. The fourth-order valence-corrected chi connectivity index (χ4v) is 1.04. The molecule has 0 aliphatic rings. The van der Waals surface area contributed by atoms with Crippen LogP contribution in [0.25, 0.3) is 0 Å². The zero-order valence-corrected chi connectivity index (χ0v) is 9.34. The van der Waals surface area contributed by atoms with Crippen molar-refractivity contribution in [2.75, 3.05) is 13.2 Å². The summed E-state index contributed by atoms with van der Waals surface area (Å²) < 4.78 is 5.25. The summed E-state index contributed by atoms with van der Waals surface area (Å²) in [7, 11) is 0. The summed E-state index contributed by atoms with van der Waals surface area (Å²) >= 11 is 0. The molecule has 0 spiro atoms. The molecule has 0 saturated heterocycles. The minimum atomic E-state index is -1.08. The molecule has 0 saturated carbocycles. The van der Waals surface area contributed by atoms with E-state index in [0.717, 1.165) is 5.56 Å². The molecule has 0 bridgehead atoms. The van der Waals surface area contributed by atoms with Gasteiger partial charge in [-0.1, -0.05) is 0 Å². The number of carbonyl (C=O) groups is 2. The van der Waals surface area contributed by atoms with Gasteiger partial charge in [0.15, 0.2) is 0 Å². The third-order valence-corrected chi connectivity index (χ3v) is 1.85. The van der Waals surface area contributed by atoms with Crippen LogP contribution in [0, 0.1) is 6.92 Å². The Morgan fingerprint density at radius 3 is 2.94 bits per heavy atom. The molecule has 0 aliphatic heterocycles. The number of ether oxygens (including phenoxy) is 1. The maximum atomic E-state index is 11.1. The summed E-state index contributed by atoms with van der Waals surface area (Å²) in [5.41, 5.74) is 0.776. The number of carboxylic acids is 1. The predicted octanol–water partition coefficient (Wildman–Crippen LogP) is -0.245. The Balaban J connectivity index is 2.26. The zero-order chi connectivity index (χ0) is 12.7. The molecule has 1 heterocycles. The van der Waals surface area contributed by atoms with Crippen molar-refractivity contribution in [1.29, 1.82) is 0 Å². The highest BCUT2D eigenvalue weighted by atomic mass is 16.5. The summed E-state index contributed by atoms with van der Waals surface area (Å²) in [6.45, 7) is 1.55. The van der Waals surface area contributed by atoms with Gasteiger partial charge in [-0.2, -0.15) is 0 Å². The number of aliphatic carboxylic acids is 1. The van der Waals surface area contributed by atoms with Gasteiger partial charge in [0, 0.05) is 11.8 Å². The van der Waals surface area contributed by atoms with Crippen LogP contribution in [0.2, 0.25) is 0 Å². The van der Waals surface area contributed by atoms with E-state index in [1.165, 1.54) is 6.33 Å². The second-order valence-electron chi connectivity index (χ2n) is 3.28. The van der Waals surface area contributed by atoms with E-state index in [1.807, 2.05) is 0 Å². The van der Waals surface area contributed by atoms with E-state index in [9.17, 15) is 9.59 Å². The minimum absolute atomic E-state index is 0.0801. The van der Waals surface area contributed by atoms with Crippen molar-refractivity contribution >= 4 is 11.9 Å². The second kappa shape index (κ2) is 6.41. The maximum absolute atomic E-state index is 11.1. The van der Waals surface area contributed by atoms with Crippen LogP contribution >= 0.6 is 0 Å². The van der Waals surface area contributed by atoms with Gasteiger partial charge in [-0.25, -0.2) is 9.97 Å². The lowest BCUT2D eigenvalue weighted by atomic mass is 10.4. The quantitative estimate of drug-likeness (QED) is 0.710. The maximum Gasteiger partial charge on any atom is 0.322 e. The van der Waals surface area contributed by atoms with Gasteiger partial charge < -0.3 is 15.2 Å². The number of hydrogen-bond donors (Lipinski definition) is 2. The first-order valence-electron chi connectivity index (χ1n) is 4.97. The molecule has 1 rings (SSSR count).